The van der Waals surface area contributed by atoms with Gasteiger partial charge in [-0.2, -0.15) is 11.8 Å². The molecule has 0 saturated carbocycles. The number of hydrogen-bond acceptors (Lipinski definition) is 3. The SMILES string of the molecule is CSCC(C)CNCCC1CCCCN1C. The van der Waals surface area contributed by atoms with Gasteiger partial charge in [-0.25, -0.2) is 0 Å². The molecule has 2 unspecified atom stereocenters. The molecule has 2 nitrogen and oxygen atoms in total. The second-order valence-electron chi connectivity index (χ2n) is 5.18. The van der Waals surface area contributed by atoms with Crippen molar-refractivity contribution in [3.63, 3.8) is 0 Å². The fourth-order valence-corrected chi connectivity index (χ4v) is 3.16. The third-order valence-electron chi connectivity index (χ3n) is 3.52. The average molecular weight is 244 g/mol. The van der Waals surface area contributed by atoms with E-state index >= 15 is 0 Å². The summed E-state index contributed by atoms with van der Waals surface area (Å²) >= 11 is 1.95. The van der Waals surface area contributed by atoms with Crippen LogP contribution in [-0.4, -0.2) is 49.6 Å². The van der Waals surface area contributed by atoms with Crippen LogP contribution >= 0.6 is 11.8 Å². The molecule has 0 bridgehead atoms. The van der Waals surface area contributed by atoms with Crippen LogP contribution in [0, 0.1) is 5.92 Å². The van der Waals surface area contributed by atoms with Gasteiger partial charge < -0.3 is 10.2 Å². The van der Waals surface area contributed by atoms with E-state index in [0.717, 1.165) is 12.0 Å². The highest BCUT2D eigenvalue weighted by Crippen LogP contribution is 2.17. The predicted octanol–water partition coefficient (Wildman–Crippen LogP) is 2.45. The van der Waals surface area contributed by atoms with Gasteiger partial charge in [0.15, 0.2) is 0 Å². The van der Waals surface area contributed by atoms with Gasteiger partial charge in [0.1, 0.15) is 0 Å². The summed E-state index contributed by atoms with van der Waals surface area (Å²) in [6.07, 6.45) is 7.73. The van der Waals surface area contributed by atoms with E-state index in [2.05, 4.69) is 30.4 Å². The van der Waals surface area contributed by atoms with Crippen LogP contribution in [0.15, 0.2) is 0 Å². The van der Waals surface area contributed by atoms with Gasteiger partial charge in [0.2, 0.25) is 0 Å². The molecule has 1 rings (SSSR count). The first kappa shape index (κ1) is 14.3. The number of rotatable bonds is 7. The lowest BCUT2D eigenvalue weighted by atomic mass is 10.0. The number of piperidine rings is 1. The molecule has 16 heavy (non-hydrogen) atoms. The molecule has 1 heterocycles. The van der Waals surface area contributed by atoms with E-state index in [0.29, 0.717) is 0 Å². The van der Waals surface area contributed by atoms with E-state index in [4.69, 9.17) is 0 Å². The molecule has 2 atom stereocenters. The van der Waals surface area contributed by atoms with E-state index in [1.165, 1.54) is 51.1 Å². The van der Waals surface area contributed by atoms with Crippen LogP contribution in [0.2, 0.25) is 0 Å². The average Bonchev–Trinajstić information content (AvgIpc) is 2.27. The van der Waals surface area contributed by atoms with Gasteiger partial charge in [0.25, 0.3) is 0 Å². The lowest BCUT2D eigenvalue weighted by molar-refractivity contribution is 0.175. The van der Waals surface area contributed by atoms with Gasteiger partial charge in [-0.15, -0.1) is 0 Å². The summed E-state index contributed by atoms with van der Waals surface area (Å²) in [7, 11) is 2.28. The normalized spacial score (nSPS) is 24.6. The Bertz CT molecular complexity index is 175. The third kappa shape index (κ3) is 5.55. The maximum absolute atomic E-state index is 3.60. The number of thioether (sulfide) groups is 1. The number of nitrogens with one attached hydrogen (secondary N) is 1. The lowest BCUT2D eigenvalue weighted by Crippen LogP contribution is -2.38. The van der Waals surface area contributed by atoms with Crippen molar-refractivity contribution in [2.24, 2.45) is 5.92 Å². The Morgan fingerprint density at radius 1 is 1.44 bits per heavy atom. The molecule has 0 spiro atoms. The largest absolute Gasteiger partial charge is 0.316 e. The van der Waals surface area contributed by atoms with Crippen molar-refractivity contribution in [2.75, 3.05) is 38.7 Å². The van der Waals surface area contributed by atoms with Crippen molar-refractivity contribution in [1.29, 1.82) is 0 Å². The van der Waals surface area contributed by atoms with E-state index < -0.39 is 0 Å². The van der Waals surface area contributed by atoms with Crippen molar-refractivity contribution in [2.45, 2.75) is 38.6 Å². The Labute approximate surface area is 106 Å². The molecule has 1 aliphatic rings. The molecule has 1 saturated heterocycles. The highest BCUT2D eigenvalue weighted by molar-refractivity contribution is 7.98. The van der Waals surface area contributed by atoms with Crippen LogP contribution in [0.4, 0.5) is 0 Å². The van der Waals surface area contributed by atoms with Crippen LogP contribution in [0.1, 0.15) is 32.6 Å². The van der Waals surface area contributed by atoms with Crippen molar-refractivity contribution in [3.8, 4) is 0 Å². The minimum absolute atomic E-state index is 0.805. The molecular weight excluding hydrogens is 216 g/mol. The maximum atomic E-state index is 3.60. The first-order valence-electron chi connectivity index (χ1n) is 6.64. The van der Waals surface area contributed by atoms with Crippen molar-refractivity contribution >= 4 is 11.8 Å². The Morgan fingerprint density at radius 2 is 2.25 bits per heavy atom. The zero-order valence-corrected chi connectivity index (χ0v) is 12.0. The summed E-state index contributed by atoms with van der Waals surface area (Å²) in [5.74, 6) is 2.08. The van der Waals surface area contributed by atoms with Gasteiger partial charge in [-0.1, -0.05) is 13.3 Å². The van der Waals surface area contributed by atoms with Crippen LogP contribution in [0.3, 0.4) is 0 Å². The third-order valence-corrected chi connectivity index (χ3v) is 4.42. The van der Waals surface area contributed by atoms with Gasteiger partial charge >= 0.3 is 0 Å². The summed E-state index contributed by atoms with van der Waals surface area (Å²) in [5.41, 5.74) is 0. The van der Waals surface area contributed by atoms with Crippen LogP contribution in [-0.2, 0) is 0 Å². The fourth-order valence-electron chi connectivity index (χ4n) is 2.47. The van der Waals surface area contributed by atoms with Gasteiger partial charge in [0, 0.05) is 6.04 Å². The minimum Gasteiger partial charge on any atom is -0.316 e. The molecule has 1 N–H and O–H groups in total. The predicted molar refractivity (Wildman–Crippen MR) is 75.3 cm³/mol. The molecule has 0 radical (unpaired) electrons. The molecule has 0 aromatic carbocycles. The fraction of sp³-hybridized carbons (Fsp3) is 1.00. The molecule has 0 aromatic rings. The zero-order valence-electron chi connectivity index (χ0n) is 11.2. The molecule has 0 amide bonds. The highest BCUT2D eigenvalue weighted by Gasteiger charge is 2.17. The van der Waals surface area contributed by atoms with Gasteiger partial charge in [-0.3, -0.25) is 0 Å². The molecule has 3 heteroatoms. The molecule has 1 aliphatic heterocycles. The molecule has 0 aromatic heterocycles. The Balaban J connectivity index is 2.01. The summed E-state index contributed by atoms with van der Waals surface area (Å²) in [5, 5.41) is 3.60. The first-order chi connectivity index (χ1) is 7.74. The lowest BCUT2D eigenvalue weighted by Gasteiger charge is -2.32. The number of likely N-dealkylation sites (tertiary alicyclic amines) is 1. The number of hydrogen-bond donors (Lipinski definition) is 1. The van der Waals surface area contributed by atoms with Crippen molar-refractivity contribution in [1.82, 2.24) is 10.2 Å². The second kappa shape index (κ2) is 8.37. The Kier molecular flexibility index (Phi) is 7.50. The monoisotopic (exact) mass is 244 g/mol. The summed E-state index contributed by atoms with van der Waals surface area (Å²) in [6, 6.07) is 0.831. The van der Waals surface area contributed by atoms with Crippen LogP contribution in [0.25, 0.3) is 0 Å². The maximum Gasteiger partial charge on any atom is 0.0104 e. The Hall–Kier alpha value is 0.270. The standard InChI is InChI=1S/C13H28N2S/c1-12(11-16-3)10-14-8-7-13-6-4-5-9-15(13)2/h12-14H,4-11H2,1-3H3. The quantitative estimate of drug-likeness (QED) is 0.693. The van der Waals surface area contributed by atoms with E-state index in [-0.39, 0.29) is 0 Å². The molecule has 96 valence electrons. The smallest absolute Gasteiger partial charge is 0.0104 e. The van der Waals surface area contributed by atoms with Gasteiger partial charge in [-0.05, 0) is 63.9 Å². The van der Waals surface area contributed by atoms with Crippen LogP contribution in [0.5, 0.6) is 0 Å². The Morgan fingerprint density at radius 3 is 2.94 bits per heavy atom. The van der Waals surface area contributed by atoms with Crippen LogP contribution < -0.4 is 5.32 Å². The topological polar surface area (TPSA) is 15.3 Å². The van der Waals surface area contributed by atoms with Gasteiger partial charge in [0.05, 0.1) is 0 Å². The van der Waals surface area contributed by atoms with E-state index in [1.807, 2.05) is 11.8 Å². The van der Waals surface area contributed by atoms with Crippen molar-refractivity contribution in [3.05, 3.63) is 0 Å². The molecule has 0 aliphatic carbocycles. The highest BCUT2D eigenvalue weighted by atomic mass is 32.2. The summed E-state index contributed by atoms with van der Waals surface area (Å²) in [4.78, 5) is 2.54. The minimum atomic E-state index is 0.805. The molecular formula is C13H28N2S. The van der Waals surface area contributed by atoms with E-state index in [1.54, 1.807) is 0 Å². The number of nitrogens with zero attached hydrogens (tertiary/aromatic N) is 1. The molecule has 1 fully saturated rings. The zero-order chi connectivity index (χ0) is 11.8. The second-order valence-corrected chi connectivity index (χ2v) is 6.09. The summed E-state index contributed by atoms with van der Waals surface area (Å²) in [6.45, 7) is 5.99. The van der Waals surface area contributed by atoms with E-state index in [9.17, 15) is 0 Å². The summed E-state index contributed by atoms with van der Waals surface area (Å²) < 4.78 is 0. The van der Waals surface area contributed by atoms with Crippen molar-refractivity contribution < 1.29 is 0 Å². The first-order valence-corrected chi connectivity index (χ1v) is 8.03.